The third-order valence-electron chi connectivity index (χ3n) is 3.32. The van der Waals surface area contributed by atoms with Crippen LogP contribution in [-0.2, 0) is 11.3 Å². The van der Waals surface area contributed by atoms with Gasteiger partial charge in [-0.1, -0.05) is 18.2 Å². The third-order valence-corrected chi connectivity index (χ3v) is 3.32. The Kier molecular flexibility index (Phi) is 3.87. The van der Waals surface area contributed by atoms with Crippen molar-refractivity contribution in [3.8, 4) is 5.75 Å². The first-order chi connectivity index (χ1) is 10.3. The number of fused-ring (bicyclic) bond motifs is 1. The Labute approximate surface area is 123 Å². The van der Waals surface area contributed by atoms with Gasteiger partial charge in [-0.05, 0) is 6.07 Å². The lowest BCUT2D eigenvalue weighted by Gasteiger charge is -2.14. The van der Waals surface area contributed by atoms with Gasteiger partial charge in [-0.3, -0.25) is 0 Å². The Morgan fingerprint density at radius 2 is 2.10 bits per heavy atom. The summed E-state index contributed by atoms with van der Waals surface area (Å²) in [6.45, 7) is 0.972. The molecular formula is C15H18N4O2. The van der Waals surface area contributed by atoms with Crippen molar-refractivity contribution in [2.45, 2.75) is 12.6 Å². The first kappa shape index (κ1) is 13.6. The van der Waals surface area contributed by atoms with E-state index in [-0.39, 0.29) is 6.04 Å². The molecule has 1 aliphatic rings. The lowest BCUT2D eigenvalue weighted by Crippen LogP contribution is -2.14. The molecule has 21 heavy (non-hydrogen) atoms. The minimum atomic E-state index is 0.0937. The molecule has 2 heterocycles. The number of rotatable bonds is 5. The second kappa shape index (κ2) is 5.97. The predicted molar refractivity (Wildman–Crippen MR) is 80.6 cm³/mol. The van der Waals surface area contributed by atoms with E-state index in [1.807, 2.05) is 31.3 Å². The Hall–Kier alpha value is -2.34. The van der Waals surface area contributed by atoms with Crippen LogP contribution >= 0.6 is 0 Å². The van der Waals surface area contributed by atoms with Gasteiger partial charge in [0.05, 0.1) is 6.04 Å². The lowest BCUT2D eigenvalue weighted by atomic mass is 10.1. The Balaban J connectivity index is 1.83. The number of anilines is 2. The molecule has 0 aliphatic carbocycles. The van der Waals surface area contributed by atoms with Crippen LogP contribution in [0.3, 0.4) is 0 Å². The van der Waals surface area contributed by atoms with E-state index < -0.39 is 0 Å². The van der Waals surface area contributed by atoms with Crippen LogP contribution in [-0.4, -0.2) is 30.7 Å². The fraction of sp³-hybridized carbons (Fsp3) is 0.333. The first-order valence-electron chi connectivity index (χ1n) is 6.83. The van der Waals surface area contributed by atoms with Crippen molar-refractivity contribution in [1.82, 2.24) is 9.97 Å². The molecule has 0 radical (unpaired) electrons. The summed E-state index contributed by atoms with van der Waals surface area (Å²) in [6.07, 6.45) is 0. The lowest BCUT2D eigenvalue weighted by molar-refractivity contribution is 0.178. The summed E-state index contributed by atoms with van der Waals surface area (Å²) in [5, 5.41) is 6.43. The summed E-state index contributed by atoms with van der Waals surface area (Å²) < 4.78 is 10.8. The zero-order valence-electron chi connectivity index (χ0n) is 12.1. The molecule has 0 amide bonds. The molecular weight excluding hydrogens is 268 g/mol. The number of aromatic nitrogens is 2. The van der Waals surface area contributed by atoms with Crippen molar-refractivity contribution in [2.75, 3.05) is 31.4 Å². The summed E-state index contributed by atoms with van der Waals surface area (Å²) in [7, 11) is 3.46. The van der Waals surface area contributed by atoms with Crippen LogP contribution in [0.5, 0.6) is 5.75 Å². The summed E-state index contributed by atoms with van der Waals surface area (Å²) in [4.78, 5) is 8.81. The van der Waals surface area contributed by atoms with Gasteiger partial charge in [-0.2, -0.15) is 0 Å². The van der Waals surface area contributed by atoms with Crippen LogP contribution < -0.4 is 15.4 Å². The van der Waals surface area contributed by atoms with E-state index in [0.29, 0.717) is 19.0 Å². The number of para-hydroxylation sites is 1. The number of hydrogen-bond donors (Lipinski definition) is 2. The van der Waals surface area contributed by atoms with E-state index in [1.54, 1.807) is 7.11 Å². The van der Waals surface area contributed by atoms with Gasteiger partial charge in [0.15, 0.2) is 5.82 Å². The Morgan fingerprint density at radius 1 is 1.29 bits per heavy atom. The van der Waals surface area contributed by atoms with Crippen molar-refractivity contribution in [3.63, 3.8) is 0 Å². The standard InChI is InChI=1S/C15H18N4O2/c1-16-13-7-14(19-15(18-13)9-20-2)17-11-8-21-12-6-4-3-5-10(11)12/h3-7,11H,8-9H2,1-2H3,(H2,16,17,18,19). The van der Waals surface area contributed by atoms with Gasteiger partial charge < -0.3 is 20.1 Å². The average Bonchev–Trinajstić information content (AvgIpc) is 2.91. The van der Waals surface area contributed by atoms with E-state index in [9.17, 15) is 0 Å². The molecule has 1 atom stereocenters. The summed E-state index contributed by atoms with van der Waals surface area (Å²) in [6, 6.07) is 10.00. The topological polar surface area (TPSA) is 68.3 Å². The Morgan fingerprint density at radius 3 is 2.90 bits per heavy atom. The molecule has 1 aromatic heterocycles. The van der Waals surface area contributed by atoms with Gasteiger partial charge in [0.2, 0.25) is 0 Å². The maximum Gasteiger partial charge on any atom is 0.158 e. The van der Waals surface area contributed by atoms with Gasteiger partial charge in [0.1, 0.15) is 30.6 Å². The van der Waals surface area contributed by atoms with Crippen LogP contribution in [0, 0.1) is 0 Å². The maximum absolute atomic E-state index is 5.67. The van der Waals surface area contributed by atoms with Crippen molar-refractivity contribution in [1.29, 1.82) is 0 Å². The number of hydrogen-bond acceptors (Lipinski definition) is 6. The van der Waals surface area contributed by atoms with E-state index in [0.717, 1.165) is 22.9 Å². The number of ether oxygens (including phenoxy) is 2. The summed E-state index contributed by atoms with van der Waals surface area (Å²) in [5.41, 5.74) is 1.15. The predicted octanol–water partition coefficient (Wildman–Crippen LogP) is 2.21. The van der Waals surface area contributed by atoms with Crippen LogP contribution in [0.2, 0.25) is 0 Å². The average molecular weight is 286 g/mol. The number of benzene rings is 1. The minimum Gasteiger partial charge on any atom is -0.491 e. The molecule has 1 aliphatic heterocycles. The molecule has 2 aromatic rings. The SMILES string of the molecule is CNc1cc(NC2COc3ccccc32)nc(COC)n1. The molecule has 0 bridgehead atoms. The van der Waals surface area contributed by atoms with E-state index in [4.69, 9.17) is 9.47 Å². The highest BCUT2D eigenvalue weighted by atomic mass is 16.5. The molecule has 3 rings (SSSR count). The molecule has 6 nitrogen and oxygen atoms in total. The number of nitrogens with one attached hydrogen (secondary N) is 2. The zero-order valence-corrected chi connectivity index (χ0v) is 12.1. The maximum atomic E-state index is 5.67. The van der Waals surface area contributed by atoms with Crippen LogP contribution in [0.4, 0.5) is 11.6 Å². The smallest absolute Gasteiger partial charge is 0.158 e. The van der Waals surface area contributed by atoms with Gasteiger partial charge in [0, 0.05) is 25.8 Å². The molecule has 110 valence electrons. The molecule has 0 spiro atoms. The van der Waals surface area contributed by atoms with Crippen LogP contribution in [0.15, 0.2) is 30.3 Å². The highest BCUT2D eigenvalue weighted by molar-refractivity contribution is 5.51. The van der Waals surface area contributed by atoms with E-state index in [1.165, 1.54) is 0 Å². The van der Waals surface area contributed by atoms with Crippen molar-refractivity contribution >= 4 is 11.6 Å². The fourth-order valence-corrected chi connectivity index (χ4v) is 2.35. The van der Waals surface area contributed by atoms with Crippen molar-refractivity contribution in [2.24, 2.45) is 0 Å². The monoisotopic (exact) mass is 286 g/mol. The molecule has 0 saturated carbocycles. The largest absolute Gasteiger partial charge is 0.491 e. The molecule has 1 unspecified atom stereocenters. The number of nitrogens with zero attached hydrogens (tertiary/aromatic N) is 2. The van der Waals surface area contributed by atoms with Crippen molar-refractivity contribution < 1.29 is 9.47 Å². The summed E-state index contributed by atoms with van der Waals surface area (Å²) in [5.74, 6) is 3.08. The third kappa shape index (κ3) is 2.90. The van der Waals surface area contributed by atoms with Gasteiger partial charge in [0.25, 0.3) is 0 Å². The molecule has 0 fully saturated rings. The molecule has 1 aromatic carbocycles. The first-order valence-corrected chi connectivity index (χ1v) is 6.83. The summed E-state index contributed by atoms with van der Waals surface area (Å²) >= 11 is 0. The van der Waals surface area contributed by atoms with Crippen LogP contribution in [0.1, 0.15) is 17.4 Å². The van der Waals surface area contributed by atoms with E-state index >= 15 is 0 Å². The number of methoxy groups -OCH3 is 1. The zero-order chi connectivity index (χ0) is 14.7. The molecule has 2 N–H and O–H groups in total. The second-order valence-electron chi connectivity index (χ2n) is 4.78. The minimum absolute atomic E-state index is 0.0937. The van der Waals surface area contributed by atoms with Gasteiger partial charge >= 0.3 is 0 Å². The normalized spacial score (nSPS) is 16.2. The fourth-order valence-electron chi connectivity index (χ4n) is 2.35. The van der Waals surface area contributed by atoms with Crippen LogP contribution in [0.25, 0.3) is 0 Å². The van der Waals surface area contributed by atoms with Gasteiger partial charge in [-0.15, -0.1) is 0 Å². The van der Waals surface area contributed by atoms with Gasteiger partial charge in [-0.25, -0.2) is 9.97 Å². The quantitative estimate of drug-likeness (QED) is 0.878. The second-order valence-corrected chi connectivity index (χ2v) is 4.78. The highest BCUT2D eigenvalue weighted by Crippen LogP contribution is 2.33. The Bertz CT molecular complexity index is 633. The highest BCUT2D eigenvalue weighted by Gasteiger charge is 2.23. The van der Waals surface area contributed by atoms with Crippen molar-refractivity contribution in [3.05, 3.63) is 41.7 Å². The molecule has 0 saturated heterocycles. The van der Waals surface area contributed by atoms with E-state index in [2.05, 4.69) is 26.7 Å². The molecule has 6 heteroatoms.